The normalized spacial score (nSPS) is 27.2. The number of hydrogen-bond donors (Lipinski definition) is 1. The number of likely N-dealkylation sites (tertiary alicyclic amines) is 1. The Labute approximate surface area is 121 Å². The molecule has 4 nitrogen and oxygen atoms in total. The quantitative estimate of drug-likeness (QED) is 0.840. The van der Waals surface area contributed by atoms with Crippen molar-refractivity contribution in [2.24, 2.45) is 5.92 Å². The van der Waals surface area contributed by atoms with Crippen molar-refractivity contribution in [1.82, 2.24) is 4.90 Å². The van der Waals surface area contributed by atoms with Crippen LogP contribution in [0, 0.1) is 5.92 Å². The topological polar surface area (TPSA) is 41.7 Å². The average Bonchev–Trinajstić information content (AvgIpc) is 2.47. The van der Waals surface area contributed by atoms with E-state index in [0.717, 1.165) is 42.2 Å². The van der Waals surface area contributed by atoms with E-state index in [4.69, 9.17) is 10.5 Å². The van der Waals surface area contributed by atoms with Gasteiger partial charge in [0.1, 0.15) is 5.75 Å². The van der Waals surface area contributed by atoms with Gasteiger partial charge in [0.25, 0.3) is 0 Å². The first-order valence-corrected chi connectivity index (χ1v) is 7.58. The third kappa shape index (κ3) is 2.33. The molecule has 3 rings (SSSR count). The summed E-state index contributed by atoms with van der Waals surface area (Å²) in [7, 11) is 3.95. The summed E-state index contributed by atoms with van der Waals surface area (Å²) in [4.78, 5) is 4.98. The number of piperidine rings is 2. The Morgan fingerprint density at radius 3 is 2.90 bits per heavy atom. The van der Waals surface area contributed by atoms with Gasteiger partial charge in [-0.1, -0.05) is 6.07 Å². The van der Waals surface area contributed by atoms with Crippen LogP contribution in [0.3, 0.4) is 0 Å². The molecule has 1 aromatic carbocycles. The van der Waals surface area contributed by atoms with E-state index in [9.17, 15) is 0 Å². The fourth-order valence-corrected chi connectivity index (χ4v) is 3.86. The molecule has 0 radical (unpaired) electrons. The van der Waals surface area contributed by atoms with E-state index in [1.165, 1.54) is 25.8 Å². The van der Waals surface area contributed by atoms with Gasteiger partial charge in [0.15, 0.2) is 0 Å². The number of nitrogens with two attached hydrogens (primary N) is 1. The molecule has 1 aromatic rings. The molecular formula is C16H25N3O. The van der Waals surface area contributed by atoms with E-state index in [0.29, 0.717) is 0 Å². The highest BCUT2D eigenvalue weighted by atomic mass is 16.5. The third-order valence-electron chi connectivity index (χ3n) is 4.95. The molecule has 110 valence electrons. The predicted octanol–water partition coefficient (Wildman–Crippen LogP) is 2.20. The lowest BCUT2D eigenvalue weighted by Crippen LogP contribution is -2.52. The second kappa shape index (κ2) is 5.52. The molecule has 2 fully saturated rings. The number of hydrogen-bond acceptors (Lipinski definition) is 4. The van der Waals surface area contributed by atoms with Crippen molar-refractivity contribution in [3.63, 3.8) is 0 Å². The monoisotopic (exact) mass is 275 g/mol. The van der Waals surface area contributed by atoms with E-state index in [1.54, 1.807) is 7.11 Å². The average molecular weight is 275 g/mol. The zero-order valence-corrected chi connectivity index (χ0v) is 12.5. The Bertz CT molecular complexity index is 477. The molecule has 0 spiro atoms. The van der Waals surface area contributed by atoms with Gasteiger partial charge in [-0.2, -0.15) is 0 Å². The molecule has 0 saturated carbocycles. The highest BCUT2D eigenvalue weighted by Crippen LogP contribution is 2.37. The third-order valence-corrected chi connectivity index (χ3v) is 4.95. The molecule has 4 heteroatoms. The molecule has 2 unspecified atom stereocenters. The summed E-state index contributed by atoms with van der Waals surface area (Å²) in [5, 5.41) is 0. The van der Waals surface area contributed by atoms with Gasteiger partial charge in [-0.3, -0.25) is 0 Å². The minimum atomic E-state index is 0.756. The van der Waals surface area contributed by atoms with E-state index in [2.05, 4.69) is 22.9 Å². The number of nitrogens with zero attached hydrogens (tertiary/aromatic N) is 2. The molecular weight excluding hydrogens is 250 g/mol. The van der Waals surface area contributed by atoms with E-state index in [1.807, 2.05) is 12.1 Å². The fourth-order valence-electron chi connectivity index (χ4n) is 3.86. The summed E-state index contributed by atoms with van der Waals surface area (Å²) in [6.45, 7) is 3.46. The second-order valence-electron chi connectivity index (χ2n) is 6.08. The van der Waals surface area contributed by atoms with Gasteiger partial charge in [-0.25, -0.2) is 0 Å². The summed E-state index contributed by atoms with van der Waals surface area (Å²) >= 11 is 0. The summed E-state index contributed by atoms with van der Waals surface area (Å²) in [6, 6.07) is 6.83. The van der Waals surface area contributed by atoms with Crippen LogP contribution < -0.4 is 15.4 Å². The van der Waals surface area contributed by atoms with E-state index >= 15 is 0 Å². The fraction of sp³-hybridized carbons (Fsp3) is 0.625. The summed E-state index contributed by atoms with van der Waals surface area (Å²) in [6.07, 6.45) is 3.90. The SMILES string of the molecule is COc1cccc(N2CCC3C(CCCN3C)C2)c1N. The van der Waals surface area contributed by atoms with Crippen molar-refractivity contribution in [3.05, 3.63) is 18.2 Å². The maximum absolute atomic E-state index is 6.24. The van der Waals surface area contributed by atoms with Crippen LogP contribution >= 0.6 is 0 Å². The smallest absolute Gasteiger partial charge is 0.143 e. The van der Waals surface area contributed by atoms with E-state index < -0.39 is 0 Å². The van der Waals surface area contributed by atoms with Crippen LogP contribution in [0.25, 0.3) is 0 Å². The first kappa shape index (κ1) is 13.6. The molecule has 2 saturated heterocycles. The van der Waals surface area contributed by atoms with Crippen molar-refractivity contribution < 1.29 is 4.74 Å². The van der Waals surface area contributed by atoms with Gasteiger partial charge in [0.2, 0.25) is 0 Å². The number of anilines is 2. The van der Waals surface area contributed by atoms with Crippen LogP contribution in [-0.4, -0.2) is 44.7 Å². The molecule has 0 amide bonds. The number of para-hydroxylation sites is 1. The van der Waals surface area contributed by atoms with Gasteiger partial charge < -0.3 is 20.3 Å². The van der Waals surface area contributed by atoms with Crippen molar-refractivity contribution in [2.45, 2.75) is 25.3 Å². The van der Waals surface area contributed by atoms with Crippen molar-refractivity contribution in [3.8, 4) is 5.75 Å². The molecule has 0 aromatic heterocycles. The van der Waals surface area contributed by atoms with E-state index in [-0.39, 0.29) is 0 Å². The van der Waals surface area contributed by atoms with Gasteiger partial charge in [0.05, 0.1) is 18.5 Å². The summed E-state index contributed by atoms with van der Waals surface area (Å²) in [5.41, 5.74) is 8.15. The number of ether oxygens (including phenoxy) is 1. The van der Waals surface area contributed by atoms with Crippen LogP contribution in [0.5, 0.6) is 5.75 Å². The van der Waals surface area contributed by atoms with Gasteiger partial charge in [0, 0.05) is 19.1 Å². The minimum absolute atomic E-state index is 0.756. The number of rotatable bonds is 2. The Hall–Kier alpha value is -1.42. The van der Waals surface area contributed by atoms with Crippen molar-refractivity contribution in [2.75, 3.05) is 44.4 Å². The lowest BCUT2D eigenvalue weighted by Gasteiger charge is -2.46. The molecule has 0 aliphatic carbocycles. The maximum Gasteiger partial charge on any atom is 0.143 e. The predicted molar refractivity (Wildman–Crippen MR) is 83.4 cm³/mol. The molecule has 0 bridgehead atoms. The van der Waals surface area contributed by atoms with Gasteiger partial charge in [-0.05, 0) is 50.9 Å². The lowest BCUT2D eigenvalue weighted by molar-refractivity contribution is 0.102. The van der Waals surface area contributed by atoms with Crippen LogP contribution in [0.15, 0.2) is 18.2 Å². The number of fused-ring (bicyclic) bond motifs is 1. The summed E-state index contributed by atoms with van der Waals surface area (Å²) < 4.78 is 5.34. The Morgan fingerprint density at radius 2 is 2.10 bits per heavy atom. The highest BCUT2D eigenvalue weighted by molar-refractivity contribution is 5.74. The number of methoxy groups -OCH3 is 1. The molecule has 20 heavy (non-hydrogen) atoms. The molecule has 2 atom stereocenters. The molecule has 2 N–H and O–H groups in total. The van der Waals surface area contributed by atoms with Crippen molar-refractivity contribution >= 4 is 11.4 Å². The maximum atomic E-state index is 6.24. The zero-order chi connectivity index (χ0) is 14.1. The van der Waals surface area contributed by atoms with Crippen LogP contribution in [-0.2, 0) is 0 Å². The lowest BCUT2D eigenvalue weighted by atomic mass is 9.84. The van der Waals surface area contributed by atoms with Crippen molar-refractivity contribution in [1.29, 1.82) is 0 Å². The van der Waals surface area contributed by atoms with Crippen LogP contribution in [0.4, 0.5) is 11.4 Å². The zero-order valence-electron chi connectivity index (χ0n) is 12.5. The van der Waals surface area contributed by atoms with Gasteiger partial charge >= 0.3 is 0 Å². The number of nitrogen functional groups attached to an aromatic ring is 1. The minimum Gasteiger partial charge on any atom is -0.495 e. The first-order valence-electron chi connectivity index (χ1n) is 7.58. The number of benzene rings is 1. The largest absolute Gasteiger partial charge is 0.495 e. The van der Waals surface area contributed by atoms with Crippen LogP contribution in [0.2, 0.25) is 0 Å². The molecule has 2 aliphatic rings. The Balaban J connectivity index is 1.79. The molecule has 2 aliphatic heterocycles. The Morgan fingerprint density at radius 1 is 1.25 bits per heavy atom. The Kier molecular flexibility index (Phi) is 3.74. The standard InChI is InChI=1S/C16H25N3O/c1-18-9-4-5-12-11-19(10-8-13(12)18)14-6-3-7-15(20-2)16(14)17/h3,6-7,12-13H,4-5,8-11,17H2,1-2H3. The summed E-state index contributed by atoms with van der Waals surface area (Å²) in [5.74, 6) is 1.55. The second-order valence-corrected chi connectivity index (χ2v) is 6.08. The van der Waals surface area contributed by atoms with Crippen LogP contribution in [0.1, 0.15) is 19.3 Å². The molecule has 2 heterocycles. The first-order chi connectivity index (χ1) is 9.70. The highest BCUT2D eigenvalue weighted by Gasteiger charge is 2.34. The van der Waals surface area contributed by atoms with Gasteiger partial charge in [-0.15, -0.1) is 0 Å².